The minimum Gasteiger partial charge on any atom is -0.350 e. The van der Waals surface area contributed by atoms with E-state index in [9.17, 15) is 14.4 Å². The van der Waals surface area contributed by atoms with Crippen molar-refractivity contribution in [2.24, 2.45) is 23.7 Å². The lowest BCUT2D eigenvalue weighted by Gasteiger charge is -2.17. The van der Waals surface area contributed by atoms with E-state index in [-0.39, 0.29) is 54.5 Å². The third-order valence-corrected chi connectivity index (χ3v) is 5.50. The van der Waals surface area contributed by atoms with E-state index in [0.717, 1.165) is 6.42 Å². The molecule has 4 atom stereocenters. The highest BCUT2D eigenvalue weighted by atomic mass is 35.5. The van der Waals surface area contributed by atoms with Crippen LogP contribution in [0, 0.1) is 23.7 Å². The molecule has 124 valence electrons. The molecule has 1 aliphatic heterocycles. The maximum Gasteiger partial charge on any atom is 0.251 e. The molecule has 1 saturated heterocycles. The number of halogens is 1. The summed E-state index contributed by atoms with van der Waals surface area (Å²) in [5.74, 6) is -0.381. The monoisotopic (exact) mass is 344 g/mol. The summed E-state index contributed by atoms with van der Waals surface area (Å²) in [5, 5.41) is 3.23. The minimum atomic E-state index is -0.265. The van der Waals surface area contributed by atoms with Crippen molar-refractivity contribution in [2.45, 2.75) is 6.42 Å². The van der Waals surface area contributed by atoms with Crippen molar-refractivity contribution in [2.75, 3.05) is 13.1 Å². The molecule has 0 unspecified atom stereocenters. The standard InChI is InChI=1S/C18H17ClN2O3/c19-13-3-1-2-12(9-13)16(22)20-6-7-21-17(23)14-10-4-5-11(8-10)15(14)18(21)24/h1-5,9-11,14-15H,6-8H2,(H,20,22)/t10-,11-,14-,15-/m0/s1. The maximum atomic E-state index is 12.5. The van der Waals surface area contributed by atoms with Crippen LogP contribution in [-0.2, 0) is 9.59 Å². The van der Waals surface area contributed by atoms with Crippen molar-refractivity contribution in [3.63, 3.8) is 0 Å². The first-order valence-corrected chi connectivity index (χ1v) is 8.51. The zero-order chi connectivity index (χ0) is 16.8. The highest BCUT2D eigenvalue weighted by Crippen LogP contribution is 2.52. The fourth-order valence-electron chi connectivity index (χ4n) is 4.20. The molecule has 1 N–H and O–H groups in total. The number of carbonyl (C=O) groups excluding carboxylic acids is 3. The number of fused-ring (bicyclic) bond motifs is 5. The molecule has 2 bridgehead atoms. The molecule has 6 heteroatoms. The average molecular weight is 345 g/mol. The summed E-state index contributed by atoms with van der Waals surface area (Å²) in [6.45, 7) is 0.460. The molecule has 1 saturated carbocycles. The molecule has 0 aromatic heterocycles. The molecular formula is C18H17ClN2O3. The molecule has 0 radical (unpaired) electrons. The second kappa shape index (κ2) is 5.74. The van der Waals surface area contributed by atoms with E-state index >= 15 is 0 Å². The molecule has 1 aromatic rings. The van der Waals surface area contributed by atoms with Gasteiger partial charge < -0.3 is 5.32 Å². The van der Waals surface area contributed by atoms with Crippen molar-refractivity contribution in [3.05, 3.63) is 47.0 Å². The quantitative estimate of drug-likeness (QED) is 0.670. The van der Waals surface area contributed by atoms with Crippen molar-refractivity contribution in [1.82, 2.24) is 10.2 Å². The van der Waals surface area contributed by atoms with Crippen LogP contribution in [-0.4, -0.2) is 35.7 Å². The van der Waals surface area contributed by atoms with Crippen LogP contribution in [0.1, 0.15) is 16.8 Å². The number of nitrogens with one attached hydrogen (secondary N) is 1. The molecule has 0 spiro atoms. The number of carbonyl (C=O) groups is 3. The van der Waals surface area contributed by atoms with Gasteiger partial charge in [0, 0.05) is 23.7 Å². The molecule has 3 aliphatic rings. The molecule has 24 heavy (non-hydrogen) atoms. The van der Waals surface area contributed by atoms with Crippen LogP contribution in [0.15, 0.2) is 36.4 Å². The fraction of sp³-hybridized carbons (Fsp3) is 0.389. The van der Waals surface area contributed by atoms with Gasteiger partial charge in [-0.05, 0) is 36.5 Å². The lowest BCUT2D eigenvalue weighted by molar-refractivity contribution is -0.140. The number of likely N-dealkylation sites (tertiary alicyclic amines) is 1. The topological polar surface area (TPSA) is 66.5 Å². The lowest BCUT2D eigenvalue weighted by Crippen LogP contribution is -2.39. The van der Waals surface area contributed by atoms with E-state index in [1.165, 1.54) is 4.90 Å². The van der Waals surface area contributed by atoms with E-state index < -0.39 is 0 Å². The Balaban J connectivity index is 1.36. The Morgan fingerprint density at radius 2 is 1.83 bits per heavy atom. The third-order valence-electron chi connectivity index (χ3n) is 5.27. The van der Waals surface area contributed by atoms with Gasteiger partial charge in [-0.15, -0.1) is 0 Å². The Morgan fingerprint density at radius 3 is 2.46 bits per heavy atom. The van der Waals surface area contributed by atoms with Gasteiger partial charge in [0.1, 0.15) is 0 Å². The van der Waals surface area contributed by atoms with E-state index in [0.29, 0.717) is 10.6 Å². The van der Waals surface area contributed by atoms with Gasteiger partial charge in [0.15, 0.2) is 0 Å². The summed E-state index contributed by atoms with van der Waals surface area (Å²) in [6.07, 6.45) is 5.06. The number of hydrogen-bond donors (Lipinski definition) is 1. The van der Waals surface area contributed by atoms with E-state index in [4.69, 9.17) is 11.6 Å². The molecule has 1 heterocycles. The third kappa shape index (κ3) is 2.35. The van der Waals surface area contributed by atoms with Crippen LogP contribution < -0.4 is 5.32 Å². The number of hydrogen-bond acceptors (Lipinski definition) is 3. The van der Waals surface area contributed by atoms with Gasteiger partial charge in [0.05, 0.1) is 11.8 Å². The van der Waals surface area contributed by atoms with Crippen molar-refractivity contribution >= 4 is 29.3 Å². The van der Waals surface area contributed by atoms with Gasteiger partial charge in [-0.2, -0.15) is 0 Å². The number of imide groups is 1. The number of amides is 3. The fourth-order valence-corrected chi connectivity index (χ4v) is 4.39. The predicted octanol–water partition coefficient (Wildman–Crippen LogP) is 1.88. The summed E-state index contributed by atoms with van der Waals surface area (Å²) in [5.41, 5.74) is 0.459. The van der Waals surface area contributed by atoms with Gasteiger partial charge in [0.2, 0.25) is 11.8 Å². The number of nitrogens with zero attached hydrogens (tertiary/aromatic N) is 1. The zero-order valence-electron chi connectivity index (χ0n) is 12.9. The van der Waals surface area contributed by atoms with Crippen LogP contribution in [0.5, 0.6) is 0 Å². The summed E-state index contributed by atoms with van der Waals surface area (Å²) in [6, 6.07) is 6.65. The number of rotatable bonds is 4. The SMILES string of the molecule is O=C(NCCN1C(=O)[C@@H]2[C@@H](C1=O)[C@H]1C=C[C@H]2C1)c1cccc(Cl)c1. The van der Waals surface area contributed by atoms with Crippen molar-refractivity contribution in [3.8, 4) is 0 Å². The normalized spacial score (nSPS) is 30.1. The van der Waals surface area contributed by atoms with Crippen LogP contribution in [0.4, 0.5) is 0 Å². The van der Waals surface area contributed by atoms with Crippen LogP contribution in [0.2, 0.25) is 5.02 Å². The summed E-state index contributed by atoms with van der Waals surface area (Å²) >= 11 is 5.87. The molecule has 3 amide bonds. The molecule has 4 rings (SSSR count). The van der Waals surface area contributed by atoms with Crippen molar-refractivity contribution in [1.29, 1.82) is 0 Å². The van der Waals surface area contributed by atoms with Gasteiger partial charge in [-0.3, -0.25) is 19.3 Å². The maximum absolute atomic E-state index is 12.5. The zero-order valence-corrected chi connectivity index (χ0v) is 13.7. The van der Waals surface area contributed by atoms with E-state index in [1.807, 2.05) is 0 Å². The summed E-state index contributed by atoms with van der Waals surface area (Å²) < 4.78 is 0. The Labute approximate surface area is 144 Å². The highest BCUT2D eigenvalue weighted by Gasteiger charge is 2.58. The minimum absolute atomic E-state index is 0.0844. The van der Waals surface area contributed by atoms with E-state index in [1.54, 1.807) is 24.3 Å². The Bertz CT molecular complexity index is 730. The Morgan fingerprint density at radius 1 is 1.17 bits per heavy atom. The smallest absolute Gasteiger partial charge is 0.251 e. The predicted molar refractivity (Wildman–Crippen MR) is 88.2 cm³/mol. The van der Waals surface area contributed by atoms with Gasteiger partial charge >= 0.3 is 0 Å². The van der Waals surface area contributed by atoms with Crippen LogP contribution in [0.3, 0.4) is 0 Å². The van der Waals surface area contributed by atoms with Crippen LogP contribution in [0.25, 0.3) is 0 Å². The second-order valence-electron chi connectivity index (χ2n) is 6.59. The number of allylic oxidation sites excluding steroid dienone is 2. The van der Waals surface area contributed by atoms with Gasteiger partial charge in [0.25, 0.3) is 5.91 Å². The van der Waals surface area contributed by atoms with Crippen molar-refractivity contribution < 1.29 is 14.4 Å². The van der Waals surface area contributed by atoms with Gasteiger partial charge in [-0.1, -0.05) is 29.8 Å². The largest absolute Gasteiger partial charge is 0.350 e. The summed E-state index contributed by atoms with van der Waals surface area (Å²) in [4.78, 5) is 38.4. The lowest BCUT2D eigenvalue weighted by atomic mass is 9.85. The molecular weight excluding hydrogens is 328 g/mol. The van der Waals surface area contributed by atoms with Crippen LogP contribution >= 0.6 is 11.6 Å². The first-order chi connectivity index (χ1) is 11.6. The Kier molecular flexibility index (Phi) is 3.68. The first kappa shape index (κ1) is 15.4. The number of benzene rings is 1. The first-order valence-electron chi connectivity index (χ1n) is 8.13. The molecule has 2 fully saturated rings. The molecule has 1 aromatic carbocycles. The molecule has 2 aliphatic carbocycles. The Hall–Kier alpha value is -2.14. The van der Waals surface area contributed by atoms with Gasteiger partial charge in [-0.25, -0.2) is 0 Å². The average Bonchev–Trinajstić information content (AvgIpc) is 3.24. The summed E-state index contributed by atoms with van der Waals surface area (Å²) in [7, 11) is 0. The highest BCUT2D eigenvalue weighted by molar-refractivity contribution is 6.30. The second-order valence-corrected chi connectivity index (χ2v) is 7.03. The van der Waals surface area contributed by atoms with E-state index in [2.05, 4.69) is 17.5 Å². The molecule has 5 nitrogen and oxygen atoms in total.